The van der Waals surface area contributed by atoms with Crippen molar-refractivity contribution in [1.29, 1.82) is 0 Å². The number of carbonyl (C=O) groups is 1. The molecule has 4 aromatic rings. The Bertz CT molecular complexity index is 1240. The van der Waals surface area contributed by atoms with Gasteiger partial charge in [0.15, 0.2) is 10.6 Å². The van der Waals surface area contributed by atoms with Crippen LogP contribution in [0.1, 0.15) is 11.3 Å². The predicted molar refractivity (Wildman–Crippen MR) is 121 cm³/mol. The number of hydrogen-bond donors (Lipinski definition) is 2. The Morgan fingerprint density at radius 3 is 2.73 bits per heavy atom. The van der Waals surface area contributed by atoms with Crippen molar-refractivity contribution >= 4 is 34.1 Å². The second-order valence-corrected chi connectivity index (χ2v) is 8.16. The van der Waals surface area contributed by atoms with Crippen molar-refractivity contribution in [1.82, 2.24) is 20.1 Å². The minimum Gasteiger partial charge on any atom is -0.459 e. The molecule has 0 bridgehead atoms. The number of nitrogens with one attached hydrogen (secondary N) is 2. The van der Waals surface area contributed by atoms with Gasteiger partial charge < -0.3 is 9.73 Å². The maximum atomic E-state index is 12.5. The number of rotatable bonds is 6. The van der Waals surface area contributed by atoms with E-state index in [1.807, 2.05) is 67.6 Å². The summed E-state index contributed by atoms with van der Waals surface area (Å²) in [4.78, 5) is 12.5. The van der Waals surface area contributed by atoms with E-state index < -0.39 is 0 Å². The molecule has 0 aliphatic rings. The molecule has 8 heteroatoms. The quantitative estimate of drug-likeness (QED) is 0.367. The van der Waals surface area contributed by atoms with Crippen LogP contribution in [0, 0.1) is 11.7 Å². The fourth-order valence-electron chi connectivity index (χ4n) is 3.10. The highest BCUT2D eigenvalue weighted by Crippen LogP contribution is 2.24. The van der Waals surface area contributed by atoms with E-state index in [-0.39, 0.29) is 12.5 Å². The zero-order chi connectivity index (χ0) is 21.1. The van der Waals surface area contributed by atoms with E-state index in [0.717, 1.165) is 26.9 Å². The van der Waals surface area contributed by atoms with E-state index in [1.54, 1.807) is 4.57 Å². The largest absolute Gasteiger partial charge is 0.459 e. The van der Waals surface area contributed by atoms with Gasteiger partial charge in [-0.25, -0.2) is 0 Å². The van der Waals surface area contributed by atoms with E-state index in [2.05, 4.69) is 31.4 Å². The van der Waals surface area contributed by atoms with Gasteiger partial charge in [-0.15, -0.1) is 0 Å². The van der Waals surface area contributed by atoms with Crippen molar-refractivity contribution in [2.75, 3.05) is 0 Å². The fraction of sp³-hybridized carbons (Fsp3) is 0.136. The van der Waals surface area contributed by atoms with Gasteiger partial charge in [0.05, 0.1) is 6.54 Å². The highest BCUT2D eigenvalue weighted by molar-refractivity contribution is 9.10. The highest BCUT2D eigenvalue weighted by atomic mass is 79.9. The van der Waals surface area contributed by atoms with Crippen molar-refractivity contribution < 1.29 is 9.21 Å². The van der Waals surface area contributed by atoms with Crippen molar-refractivity contribution in [2.45, 2.75) is 20.0 Å². The van der Waals surface area contributed by atoms with Crippen LogP contribution in [0.3, 0.4) is 0 Å². The SMILES string of the molecule is Cc1cccc(-c2n[nH]c(=S)n2CC(=O)NCc2ccc(-c3ccc(Br)cc3)o2)c1. The van der Waals surface area contributed by atoms with Crippen LogP contribution in [-0.2, 0) is 17.9 Å². The van der Waals surface area contributed by atoms with Gasteiger partial charge in [0.1, 0.15) is 18.1 Å². The van der Waals surface area contributed by atoms with E-state index >= 15 is 0 Å². The number of hydrogen-bond acceptors (Lipinski definition) is 4. The van der Waals surface area contributed by atoms with Crippen LogP contribution >= 0.6 is 28.1 Å². The molecule has 152 valence electrons. The lowest BCUT2D eigenvalue weighted by molar-refractivity contribution is -0.121. The molecule has 30 heavy (non-hydrogen) atoms. The lowest BCUT2D eigenvalue weighted by atomic mass is 10.1. The Hall–Kier alpha value is -2.97. The molecule has 0 atom stereocenters. The van der Waals surface area contributed by atoms with Gasteiger partial charge in [0.2, 0.25) is 5.91 Å². The summed E-state index contributed by atoms with van der Waals surface area (Å²) in [6.45, 7) is 2.37. The van der Waals surface area contributed by atoms with Crippen LogP contribution in [0.5, 0.6) is 0 Å². The summed E-state index contributed by atoms with van der Waals surface area (Å²) in [5, 5.41) is 9.94. The normalized spacial score (nSPS) is 10.9. The minimum absolute atomic E-state index is 0.0683. The van der Waals surface area contributed by atoms with Crippen molar-refractivity contribution in [3.63, 3.8) is 0 Å². The molecule has 0 saturated heterocycles. The van der Waals surface area contributed by atoms with Gasteiger partial charge >= 0.3 is 0 Å². The van der Waals surface area contributed by atoms with Gasteiger partial charge in [-0.1, -0.05) is 51.8 Å². The van der Waals surface area contributed by atoms with Crippen molar-refractivity contribution in [3.05, 3.63) is 81.2 Å². The van der Waals surface area contributed by atoms with Gasteiger partial charge in [-0.2, -0.15) is 5.10 Å². The average molecular weight is 483 g/mol. The summed E-state index contributed by atoms with van der Waals surface area (Å²) in [5.74, 6) is 1.89. The molecular formula is C22H19BrN4O2S. The third-order valence-corrected chi connectivity index (χ3v) is 5.43. The van der Waals surface area contributed by atoms with Crippen LogP contribution in [0.25, 0.3) is 22.7 Å². The van der Waals surface area contributed by atoms with E-state index in [9.17, 15) is 4.79 Å². The number of amides is 1. The number of nitrogens with zero attached hydrogens (tertiary/aromatic N) is 2. The molecule has 0 radical (unpaired) electrons. The number of carbonyl (C=O) groups excluding carboxylic acids is 1. The molecule has 0 fully saturated rings. The van der Waals surface area contributed by atoms with E-state index in [0.29, 0.717) is 22.9 Å². The number of halogens is 1. The predicted octanol–water partition coefficient (Wildman–Crippen LogP) is 5.26. The maximum Gasteiger partial charge on any atom is 0.240 e. The third kappa shape index (κ3) is 4.60. The Labute approximate surface area is 187 Å². The molecule has 2 aromatic carbocycles. The standard InChI is InChI=1S/C22H19BrN4O2S/c1-14-3-2-4-16(11-14)21-25-26-22(30)27(21)13-20(28)24-12-18-9-10-19(29-18)15-5-7-17(23)8-6-15/h2-11H,12-13H2,1H3,(H,24,28)(H,26,30). The second kappa shape index (κ2) is 8.81. The zero-order valence-electron chi connectivity index (χ0n) is 16.2. The number of furan rings is 1. The van der Waals surface area contributed by atoms with Crippen LogP contribution in [0.15, 0.2) is 69.6 Å². The maximum absolute atomic E-state index is 12.5. The Morgan fingerprint density at radius 2 is 1.97 bits per heavy atom. The lowest BCUT2D eigenvalue weighted by Gasteiger charge is -2.08. The lowest BCUT2D eigenvalue weighted by Crippen LogP contribution is -2.27. The number of aryl methyl sites for hydroxylation is 1. The van der Waals surface area contributed by atoms with Gasteiger partial charge in [-0.3, -0.25) is 14.5 Å². The molecule has 0 saturated carbocycles. The van der Waals surface area contributed by atoms with Crippen molar-refractivity contribution in [3.8, 4) is 22.7 Å². The summed E-state index contributed by atoms with van der Waals surface area (Å²) in [7, 11) is 0. The second-order valence-electron chi connectivity index (χ2n) is 6.86. The van der Waals surface area contributed by atoms with Crippen molar-refractivity contribution in [2.24, 2.45) is 0 Å². The smallest absolute Gasteiger partial charge is 0.240 e. The fourth-order valence-corrected chi connectivity index (χ4v) is 3.56. The molecule has 2 aromatic heterocycles. The Balaban J connectivity index is 1.42. The van der Waals surface area contributed by atoms with Gasteiger partial charge in [0, 0.05) is 15.6 Å². The molecule has 1 amide bonds. The van der Waals surface area contributed by atoms with Crippen LogP contribution in [0.2, 0.25) is 0 Å². The molecule has 0 aliphatic carbocycles. The first kappa shape index (κ1) is 20.3. The summed E-state index contributed by atoms with van der Waals surface area (Å²) in [6, 6.07) is 19.5. The van der Waals surface area contributed by atoms with E-state index in [1.165, 1.54) is 0 Å². The zero-order valence-corrected chi connectivity index (χ0v) is 18.6. The molecule has 4 rings (SSSR count). The van der Waals surface area contributed by atoms with Gasteiger partial charge in [0.25, 0.3) is 0 Å². The van der Waals surface area contributed by atoms with E-state index in [4.69, 9.17) is 16.6 Å². The molecular weight excluding hydrogens is 464 g/mol. The first-order valence-electron chi connectivity index (χ1n) is 9.33. The molecule has 6 nitrogen and oxygen atoms in total. The first-order chi connectivity index (χ1) is 14.5. The number of aromatic nitrogens is 3. The molecule has 2 heterocycles. The minimum atomic E-state index is -0.178. The molecule has 0 aliphatic heterocycles. The first-order valence-corrected chi connectivity index (χ1v) is 10.5. The molecule has 0 unspecified atom stereocenters. The molecule has 2 N–H and O–H groups in total. The summed E-state index contributed by atoms with van der Waals surface area (Å²) in [5.41, 5.74) is 2.99. The summed E-state index contributed by atoms with van der Waals surface area (Å²) in [6.07, 6.45) is 0. The van der Waals surface area contributed by atoms with Gasteiger partial charge in [-0.05, 0) is 49.5 Å². The monoisotopic (exact) mass is 482 g/mol. The number of aromatic amines is 1. The summed E-state index contributed by atoms with van der Waals surface area (Å²) >= 11 is 8.73. The van der Waals surface area contributed by atoms with Crippen LogP contribution in [0.4, 0.5) is 0 Å². The highest BCUT2D eigenvalue weighted by Gasteiger charge is 2.13. The Kier molecular flexibility index (Phi) is 5.96. The topological polar surface area (TPSA) is 75.8 Å². The summed E-state index contributed by atoms with van der Waals surface area (Å²) < 4.78 is 8.95. The average Bonchev–Trinajstić information content (AvgIpc) is 3.34. The Morgan fingerprint density at radius 1 is 1.17 bits per heavy atom. The van der Waals surface area contributed by atoms with Crippen LogP contribution < -0.4 is 5.32 Å². The molecule has 0 spiro atoms. The third-order valence-electron chi connectivity index (χ3n) is 4.59. The van der Waals surface area contributed by atoms with Crippen LogP contribution in [-0.4, -0.2) is 20.7 Å². The number of H-pyrrole nitrogens is 1. The number of benzene rings is 2.